The van der Waals surface area contributed by atoms with Gasteiger partial charge in [-0.15, -0.1) is 0 Å². The molecule has 2 atom stereocenters. The lowest BCUT2D eigenvalue weighted by Crippen LogP contribution is -2.33. The molecule has 0 saturated carbocycles. The first-order valence-corrected chi connectivity index (χ1v) is 9.78. The van der Waals surface area contributed by atoms with Crippen molar-refractivity contribution in [3.05, 3.63) is 57.9 Å². The summed E-state index contributed by atoms with van der Waals surface area (Å²) in [6, 6.07) is 5.27. The van der Waals surface area contributed by atoms with Crippen LogP contribution in [0, 0.1) is 0 Å². The molecule has 2 aromatic rings. The van der Waals surface area contributed by atoms with E-state index in [1.54, 1.807) is 18.3 Å². The van der Waals surface area contributed by atoms with Gasteiger partial charge in [0.15, 0.2) is 0 Å². The Hall–Kier alpha value is -2.40. The van der Waals surface area contributed by atoms with Crippen molar-refractivity contribution in [2.75, 3.05) is 4.90 Å². The number of amides is 2. The Kier molecular flexibility index (Phi) is 4.64. The van der Waals surface area contributed by atoms with Gasteiger partial charge >= 0.3 is 0 Å². The number of aromatic nitrogens is 1. The second-order valence-electron chi connectivity index (χ2n) is 7.17. The maximum absolute atomic E-state index is 13.1. The van der Waals surface area contributed by atoms with Crippen LogP contribution >= 0.6 is 11.6 Å². The number of halogens is 1. The molecule has 0 bridgehead atoms. The number of hydrogen-bond acceptors (Lipinski definition) is 3. The van der Waals surface area contributed by atoms with Crippen molar-refractivity contribution in [1.82, 2.24) is 10.3 Å². The van der Waals surface area contributed by atoms with E-state index in [0.717, 1.165) is 41.6 Å². The minimum atomic E-state index is -0.106. The number of rotatable bonds is 3. The summed E-state index contributed by atoms with van der Waals surface area (Å²) in [5, 5.41) is 3.72. The molecule has 2 heterocycles. The van der Waals surface area contributed by atoms with Crippen molar-refractivity contribution >= 4 is 29.1 Å². The Labute approximate surface area is 163 Å². The molecule has 1 aliphatic carbocycles. The van der Waals surface area contributed by atoms with E-state index in [0.29, 0.717) is 17.0 Å². The highest BCUT2D eigenvalue weighted by atomic mass is 35.5. The number of pyridine rings is 1. The molecule has 1 aromatic carbocycles. The first-order valence-electron chi connectivity index (χ1n) is 9.40. The number of carbonyl (C=O) groups excluding carboxylic acids is 2. The van der Waals surface area contributed by atoms with Gasteiger partial charge in [-0.2, -0.15) is 0 Å². The highest BCUT2D eigenvalue weighted by Gasteiger charge is 2.37. The van der Waals surface area contributed by atoms with Crippen molar-refractivity contribution in [2.24, 2.45) is 0 Å². The third kappa shape index (κ3) is 3.00. The molecule has 2 aliphatic rings. The molecule has 5 nitrogen and oxygen atoms in total. The highest BCUT2D eigenvalue weighted by Crippen LogP contribution is 2.42. The Balaban J connectivity index is 1.75. The van der Waals surface area contributed by atoms with Crippen LogP contribution in [-0.2, 0) is 11.2 Å². The third-order valence-electron chi connectivity index (χ3n) is 5.58. The van der Waals surface area contributed by atoms with Crippen molar-refractivity contribution in [3.63, 3.8) is 0 Å². The zero-order chi connectivity index (χ0) is 19.1. The SMILES string of the molecule is CCC(=O)NC1CCCc2c1cncc2N1C(=O)c2ccc(Cl)cc2[C@@H]1C. The molecule has 2 amide bonds. The molecule has 1 N–H and O–H groups in total. The molecule has 0 saturated heterocycles. The summed E-state index contributed by atoms with van der Waals surface area (Å²) in [4.78, 5) is 31.2. The maximum Gasteiger partial charge on any atom is 0.259 e. The molecule has 0 radical (unpaired) electrons. The minimum Gasteiger partial charge on any atom is -0.349 e. The van der Waals surface area contributed by atoms with Gasteiger partial charge in [-0.05, 0) is 61.1 Å². The quantitative estimate of drug-likeness (QED) is 0.856. The van der Waals surface area contributed by atoms with Gasteiger partial charge in [0.05, 0.1) is 24.0 Å². The minimum absolute atomic E-state index is 0.0240. The smallest absolute Gasteiger partial charge is 0.259 e. The lowest BCUT2D eigenvalue weighted by molar-refractivity contribution is -0.121. The van der Waals surface area contributed by atoms with Gasteiger partial charge in [0, 0.05) is 23.2 Å². The van der Waals surface area contributed by atoms with E-state index in [2.05, 4.69) is 10.3 Å². The van der Waals surface area contributed by atoms with Crippen molar-refractivity contribution < 1.29 is 9.59 Å². The van der Waals surface area contributed by atoms with E-state index in [9.17, 15) is 9.59 Å². The van der Waals surface area contributed by atoms with Gasteiger partial charge < -0.3 is 5.32 Å². The standard InChI is InChI=1S/C21H22ClN3O2/c1-3-20(26)24-18-6-4-5-14-17(18)10-23-11-19(14)25-12(2)16-9-13(22)7-8-15(16)21(25)27/h7-12,18H,3-6H2,1-2H3,(H,24,26)/t12-,18?/m0/s1. The van der Waals surface area contributed by atoms with Crippen LogP contribution in [0.5, 0.6) is 0 Å². The lowest BCUT2D eigenvalue weighted by atomic mass is 9.87. The van der Waals surface area contributed by atoms with Gasteiger partial charge in [-0.1, -0.05) is 18.5 Å². The van der Waals surface area contributed by atoms with E-state index >= 15 is 0 Å². The average Bonchev–Trinajstić information content (AvgIpc) is 2.91. The van der Waals surface area contributed by atoms with Gasteiger partial charge in [-0.25, -0.2) is 0 Å². The lowest BCUT2D eigenvalue weighted by Gasteiger charge is -2.31. The number of fused-ring (bicyclic) bond motifs is 2. The summed E-state index contributed by atoms with van der Waals surface area (Å²) in [6.07, 6.45) is 6.78. The molecule has 6 heteroatoms. The number of benzene rings is 1. The number of nitrogens with zero attached hydrogens (tertiary/aromatic N) is 2. The van der Waals surface area contributed by atoms with Crippen molar-refractivity contribution in [2.45, 2.75) is 51.6 Å². The molecule has 4 rings (SSSR count). The first kappa shape index (κ1) is 18.0. The number of anilines is 1. The average molecular weight is 384 g/mol. The fraction of sp³-hybridized carbons (Fsp3) is 0.381. The molecule has 1 unspecified atom stereocenters. The topological polar surface area (TPSA) is 62.3 Å². The van der Waals surface area contributed by atoms with E-state index in [1.165, 1.54) is 0 Å². The monoisotopic (exact) mass is 383 g/mol. The third-order valence-corrected chi connectivity index (χ3v) is 5.81. The summed E-state index contributed by atoms with van der Waals surface area (Å²) in [5.41, 5.74) is 4.60. The number of carbonyl (C=O) groups is 2. The molecule has 140 valence electrons. The summed E-state index contributed by atoms with van der Waals surface area (Å²) < 4.78 is 0. The van der Waals surface area contributed by atoms with E-state index in [1.807, 2.05) is 31.0 Å². The summed E-state index contributed by atoms with van der Waals surface area (Å²) in [6.45, 7) is 3.86. The molecular weight excluding hydrogens is 362 g/mol. The van der Waals surface area contributed by atoms with Crippen LogP contribution in [0.25, 0.3) is 0 Å². The Morgan fingerprint density at radius 2 is 2.15 bits per heavy atom. The zero-order valence-electron chi connectivity index (χ0n) is 15.5. The predicted octanol–water partition coefficient (Wildman–Crippen LogP) is 4.36. The van der Waals surface area contributed by atoms with E-state index < -0.39 is 0 Å². The van der Waals surface area contributed by atoms with E-state index in [4.69, 9.17) is 11.6 Å². The van der Waals surface area contributed by atoms with Crippen LogP contribution < -0.4 is 10.2 Å². The second kappa shape index (κ2) is 6.97. The number of hydrogen-bond donors (Lipinski definition) is 1. The van der Waals surface area contributed by atoms with Crippen LogP contribution in [0.15, 0.2) is 30.6 Å². The Bertz CT molecular complexity index is 928. The first-order chi connectivity index (χ1) is 13.0. The van der Waals surface area contributed by atoms with Crippen molar-refractivity contribution in [3.8, 4) is 0 Å². The largest absolute Gasteiger partial charge is 0.349 e. The van der Waals surface area contributed by atoms with Crippen LogP contribution in [0.3, 0.4) is 0 Å². The molecule has 0 spiro atoms. The molecule has 1 aromatic heterocycles. The maximum atomic E-state index is 13.1. The molecule has 1 aliphatic heterocycles. The normalized spacial score (nSPS) is 21.0. The zero-order valence-corrected chi connectivity index (χ0v) is 16.2. The highest BCUT2D eigenvalue weighted by molar-refractivity contribution is 6.31. The Morgan fingerprint density at radius 3 is 2.93 bits per heavy atom. The summed E-state index contributed by atoms with van der Waals surface area (Å²) in [5.74, 6) is 0.00926. The molecular formula is C21H22ClN3O2. The van der Waals surface area contributed by atoms with Gasteiger partial charge in [0.25, 0.3) is 5.91 Å². The van der Waals surface area contributed by atoms with Crippen LogP contribution in [0.4, 0.5) is 5.69 Å². The van der Waals surface area contributed by atoms with Crippen LogP contribution in [0.2, 0.25) is 5.02 Å². The number of nitrogens with one attached hydrogen (secondary N) is 1. The van der Waals surface area contributed by atoms with Gasteiger partial charge in [-0.3, -0.25) is 19.5 Å². The van der Waals surface area contributed by atoms with Gasteiger partial charge in [0.1, 0.15) is 0 Å². The fourth-order valence-electron chi connectivity index (χ4n) is 4.19. The summed E-state index contributed by atoms with van der Waals surface area (Å²) in [7, 11) is 0. The van der Waals surface area contributed by atoms with Gasteiger partial charge in [0.2, 0.25) is 5.91 Å². The molecule has 27 heavy (non-hydrogen) atoms. The predicted molar refractivity (Wildman–Crippen MR) is 105 cm³/mol. The Morgan fingerprint density at radius 1 is 1.33 bits per heavy atom. The van der Waals surface area contributed by atoms with Crippen LogP contribution in [0.1, 0.15) is 72.2 Å². The van der Waals surface area contributed by atoms with Crippen molar-refractivity contribution in [1.29, 1.82) is 0 Å². The fourth-order valence-corrected chi connectivity index (χ4v) is 4.37. The van der Waals surface area contributed by atoms with E-state index in [-0.39, 0.29) is 23.9 Å². The summed E-state index contributed by atoms with van der Waals surface area (Å²) >= 11 is 6.14. The van der Waals surface area contributed by atoms with Crippen LogP contribution in [-0.4, -0.2) is 16.8 Å². The second-order valence-corrected chi connectivity index (χ2v) is 7.61. The molecule has 0 fully saturated rings.